The maximum atomic E-state index is 12.1. The quantitative estimate of drug-likeness (QED) is 0.354. The fraction of sp³-hybridized carbons (Fsp3) is 0.636. The molecule has 5 rings (SSSR count). The topological polar surface area (TPSA) is 62.4 Å². The molecule has 0 saturated heterocycles. The fourth-order valence-corrected chi connectivity index (χ4v) is 6.41. The van der Waals surface area contributed by atoms with E-state index >= 15 is 0 Å². The number of amides is 1. The van der Waals surface area contributed by atoms with Crippen LogP contribution in [0.25, 0.3) is 0 Å². The number of carbonyl (C=O) groups is 1. The van der Waals surface area contributed by atoms with Gasteiger partial charge in [0, 0.05) is 17.0 Å². The molecule has 0 radical (unpaired) electrons. The molecule has 29 heavy (non-hydrogen) atoms. The molecular formula is C22H30ClN3O2S. The molecule has 0 aromatic heterocycles. The van der Waals surface area contributed by atoms with Gasteiger partial charge in [-0.2, -0.15) is 0 Å². The predicted octanol–water partition coefficient (Wildman–Crippen LogP) is 4.27. The molecule has 4 aliphatic carbocycles. The number of thiocarbonyl (C=S) groups is 1. The number of hydrazine groups is 1. The highest BCUT2D eigenvalue weighted by atomic mass is 35.5. The van der Waals surface area contributed by atoms with Gasteiger partial charge in [-0.1, -0.05) is 11.6 Å². The van der Waals surface area contributed by atoms with Gasteiger partial charge in [-0.3, -0.25) is 15.6 Å². The first-order valence-electron chi connectivity index (χ1n) is 10.7. The van der Waals surface area contributed by atoms with E-state index in [9.17, 15) is 4.79 Å². The molecule has 0 spiro atoms. The number of carbonyl (C=O) groups excluding carboxylic acids is 1. The average Bonchev–Trinajstić information content (AvgIpc) is 2.63. The largest absolute Gasteiger partial charge is 0.493 e. The van der Waals surface area contributed by atoms with Crippen molar-refractivity contribution in [1.82, 2.24) is 16.2 Å². The van der Waals surface area contributed by atoms with Gasteiger partial charge in [0.2, 0.25) is 5.91 Å². The van der Waals surface area contributed by atoms with Crippen LogP contribution in [0.1, 0.15) is 56.9 Å². The van der Waals surface area contributed by atoms with Gasteiger partial charge in [-0.15, -0.1) is 0 Å². The molecule has 0 unspecified atom stereocenters. The Labute approximate surface area is 183 Å². The summed E-state index contributed by atoms with van der Waals surface area (Å²) in [7, 11) is 0. The lowest BCUT2D eigenvalue weighted by Crippen LogP contribution is -2.62. The normalized spacial score (nSPS) is 29.4. The molecule has 4 bridgehead atoms. The van der Waals surface area contributed by atoms with E-state index in [0.717, 1.165) is 29.1 Å². The summed E-state index contributed by atoms with van der Waals surface area (Å²) >= 11 is 11.4. The van der Waals surface area contributed by atoms with Crippen LogP contribution in [0.5, 0.6) is 5.75 Å². The molecule has 158 valence electrons. The first-order valence-corrected chi connectivity index (χ1v) is 11.5. The van der Waals surface area contributed by atoms with E-state index in [4.69, 9.17) is 28.6 Å². The predicted molar refractivity (Wildman–Crippen MR) is 119 cm³/mol. The van der Waals surface area contributed by atoms with Gasteiger partial charge in [-0.05, 0) is 106 Å². The number of halogens is 1. The van der Waals surface area contributed by atoms with Gasteiger partial charge in [0.1, 0.15) is 5.75 Å². The number of nitrogens with one attached hydrogen (secondary N) is 3. The van der Waals surface area contributed by atoms with Crippen molar-refractivity contribution in [2.45, 2.75) is 63.8 Å². The van der Waals surface area contributed by atoms with Crippen LogP contribution < -0.4 is 20.9 Å². The Hall–Kier alpha value is -1.53. The molecule has 4 fully saturated rings. The zero-order valence-electron chi connectivity index (χ0n) is 16.9. The molecule has 1 amide bonds. The molecule has 1 aromatic carbocycles. The van der Waals surface area contributed by atoms with Crippen LogP contribution >= 0.6 is 23.8 Å². The number of hydrogen-bond acceptors (Lipinski definition) is 3. The van der Waals surface area contributed by atoms with Crippen LogP contribution in [0.15, 0.2) is 18.2 Å². The number of ether oxygens (including phenoxy) is 1. The van der Waals surface area contributed by atoms with Crippen LogP contribution in [-0.2, 0) is 4.79 Å². The summed E-state index contributed by atoms with van der Waals surface area (Å²) in [4.78, 5) is 12.1. The summed E-state index contributed by atoms with van der Waals surface area (Å²) in [5, 5.41) is 4.78. The van der Waals surface area contributed by atoms with Gasteiger partial charge < -0.3 is 10.1 Å². The Morgan fingerprint density at radius 3 is 2.45 bits per heavy atom. The first kappa shape index (κ1) is 20.7. The SMILES string of the molecule is Cc1cc(Cl)ccc1OCCCC(=O)NNC(=S)NC12CC3CC(CC(C3)C1)C2. The van der Waals surface area contributed by atoms with E-state index in [1.54, 1.807) is 6.07 Å². The van der Waals surface area contributed by atoms with Crippen molar-refractivity contribution in [1.29, 1.82) is 0 Å². The molecule has 0 atom stereocenters. The minimum Gasteiger partial charge on any atom is -0.493 e. The van der Waals surface area contributed by atoms with Gasteiger partial charge in [0.15, 0.2) is 5.11 Å². The highest BCUT2D eigenvalue weighted by molar-refractivity contribution is 7.80. The van der Waals surface area contributed by atoms with Crippen molar-refractivity contribution in [2.75, 3.05) is 6.61 Å². The second-order valence-electron chi connectivity index (χ2n) is 9.19. The Balaban J connectivity index is 1.14. The maximum Gasteiger partial charge on any atom is 0.238 e. The third kappa shape index (κ3) is 5.15. The molecule has 1 aromatic rings. The van der Waals surface area contributed by atoms with Crippen molar-refractivity contribution in [2.24, 2.45) is 17.8 Å². The zero-order valence-corrected chi connectivity index (χ0v) is 18.5. The van der Waals surface area contributed by atoms with Crippen molar-refractivity contribution >= 4 is 34.8 Å². The van der Waals surface area contributed by atoms with E-state index < -0.39 is 0 Å². The van der Waals surface area contributed by atoms with Crippen molar-refractivity contribution in [3.05, 3.63) is 28.8 Å². The lowest BCUT2D eigenvalue weighted by Gasteiger charge is -2.57. The number of hydrogen-bond donors (Lipinski definition) is 3. The lowest BCUT2D eigenvalue weighted by molar-refractivity contribution is -0.121. The highest BCUT2D eigenvalue weighted by Crippen LogP contribution is 2.55. The van der Waals surface area contributed by atoms with Gasteiger partial charge in [0.05, 0.1) is 6.61 Å². The second-order valence-corrected chi connectivity index (χ2v) is 10.0. The third-order valence-electron chi connectivity index (χ3n) is 6.68. The Morgan fingerprint density at radius 2 is 1.83 bits per heavy atom. The monoisotopic (exact) mass is 435 g/mol. The summed E-state index contributed by atoms with van der Waals surface area (Å²) < 4.78 is 5.73. The third-order valence-corrected chi connectivity index (χ3v) is 7.11. The Morgan fingerprint density at radius 1 is 1.17 bits per heavy atom. The van der Waals surface area contributed by atoms with Crippen LogP contribution in [0, 0.1) is 24.7 Å². The van der Waals surface area contributed by atoms with Crippen LogP contribution in [0.3, 0.4) is 0 Å². The molecule has 3 N–H and O–H groups in total. The number of aryl methyl sites for hydroxylation is 1. The first-order chi connectivity index (χ1) is 13.9. The fourth-order valence-electron chi connectivity index (χ4n) is 5.91. The van der Waals surface area contributed by atoms with Crippen LogP contribution in [0.4, 0.5) is 0 Å². The molecule has 5 nitrogen and oxygen atoms in total. The number of rotatable bonds is 6. The second kappa shape index (κ2) is 8.68. The highest BCUT2D eigenvalue weighted by Gasteiger charge is 2.51. The van der Waals surface area contributed by atoms with E-state index in [0.29, 0.717) is 29.6 Å². The van der Waals surface area contributed by atoms with Gasteiger partial charge >= 0.3 is 0 Å². The van der Waals surface area contributed by atoms with E-state index in [1.807, 2.05) is 19.1 Å². The minimum absolute atomic E-state index is 0.0870. The van der Waals surface area contributed by atoms with Gasteiger partial charge in [-0.25, -0.2) is 0 Å². The summed E-state index contributed by atoms with van der Waals surface area (Å²) in [6, 6.07) is 5.53. The molecule has 0 aliphatic heterocycles. The summed E-state index contributed by atoms with van der Waals surface area (Å²) in [6.07, 6.45) is 8.85. The van der Waals surface area contributed by atoms with Crippen molar-refractivity contribution in [3.8, 4) is 5.75 Å². The summed E-state index contributed by atoms with van der Waals surface area (Å²) in [5.74, 6) is 3.28. The summed E-state index contributed by atoms with van der Waals surface area (Å²) in [5.41, 5.74) is 6.75. The van der Waals surface area contributed by atoms with E-state index in [-0.39, 0.29) is 11.4 Å². The van der Waals surface area contributed by atoms with Crippen LogP contribution in [-0.4, -0.2) is 23.2 Å². The smallest absolute Gasteiger partial charge is 0.238 e. The molecule has 4 aliphatic rings. The minimum atomic E-state index is -0.0870. The molecule has 4 saturated carbocycles. The zero-order chi connectivity index (χ0) is 20.4. The van der Waals surface area contributed by atoms with Crippen molar-refractivity contribution < 1.29 is 9.53 Å². The maximum absolute atomic E-state index is 12.1. The lowest BCUT2D eigenvalue weighted by atomic mass is 9.53. The molecule has 0 heterocycles. The molecule has 7 heteroatoms. The summed E-state index contributed by atoms with van der Waals surface area (Å²) in [6.45, 7) is 2.43. The van der Waals surface area contributed by atoms with Gasteiger partial charge in [0.25, 0.3) is 0 Å². The average molecular weight is 436 g/mol. The standard InChI is InChI=1S/C22H30ClN3O2S/c1-14-7-18(23)4-5-19(14)28-6-2-3-20(27)25-26-21(29)24-22-11-15-8-16(12-22)10-17(9-15)13-22/h4-5,7,15-17H,2-3,6,8-13H2,1H3,(H,25,27)(H2,24,26,29). The Bertz CT molecular complexity index is 750. The van der Waals surface area contributed by atoms with Crippen LogP contribution in [0.2, 0.25) is 5.02 Å². The number of benzene rings is 1. The van der Waals surface area contributed by atoms with E-state index in [1.165, 1.54) is 38.5 Å². The molecular weight excluding hydrogens is 406 g/mol. The van der Waals surface area contributed by atoms with Crippen molar-refractivity contribution in [3.63, 3.8) is 0 Å². The van der Waals surface area contributed by atoms with E-state index in [2.05, 4.69) is 16.2 Å². The Kier molecular flexibility index (Phi) is 6.21.